The quantitative estimate of drug-likeness (QED) is 0.769. The Kier molecular flexibility index (Phi) is 3.47. The van der Waals surface area contributed by atoms with Crippen LogP contribution in [0.25, 0.3) is 10.9 Å². The number of aromatic nitrogens is 1. The van der Waals surface area contributed by atoms with E-state index in [4.69, 9.17) is 5.26 Å². The van der Waals surface area contributed by atoms with Gasteiger partial charge in [-0.05, 0) is 30.5 Å². The number of nitriles is 1. The van der Waals surface area contributed by atoms with Crippen molar-refractivity contribution in [2.24, 2.45) is 5.92 Å². The van der Waals surface area contributed by atoms with E-state index in [9.17, 15) is 4.79 Å². The maximum absolute atomic E-state index is 11.1. The van der Waals surface area contributed by atoms with Gasteiger partial charge in [-0.1, -0.05) is 13.8 Å². The first-order valence-corrected chi connectivity index (χ1v) is 6.14. The molecule has 0 unspecified atom stereocenters. The van der Waals surface area contributed by atoms with Crippen molar-refractivity contribution in [2.45, 2.75) is 26.8 Å². The summed E-state index contributed by atoms with van der Waals surface area (Å²) in [5.74, 6) is 0.625. The van der Waals surface area contributed by atoms with Gasteiger partial charge >= 0.3 is 0 Å². The van der Waals surface area contributed by atoms with E-state index in [0.29, 0.717) is 17.0 Å². The number of nitrogens with zero attached hydrogens (tertiary/aromatic N) is 2. The Hall–Kier alpha value is -2.08. The topological polar surface area (TPSA) is 45.8 Å². The van der Waals surface area contributed by atoms with Crippen LogP contribution in [-0.2, 0) is 6.54 Å². The van der Waals surface area contributed by atoms with Gasteiger partial charge in [0.05, 0.1) is 11.6 Å². The molecule has 0 aliphatic heterocycles. The van der Waals surface area contributed by atoms with E-state index in [-0.39, 0.29) is 0 Å². The van der Waals surface area contributed by atoms with E-state index in [1.54, 1.807) is 12.1 Å². The Balaban J connectivity index is 2.49. The van der Waals surface area contributed by atoms with Crippen LogP contribution in [0.2, 0.25) is 0 Å². The van der Waals surface area contributed by atoms with Gasteiger partial charge < -0.3 is 4.57 Å². The Morgan fingerprint density at radius 2 is 2.22 bits per heavy atom. The molecule has 2 rings (SSSR count). The summed E-state index contributed by atoms with van der Waals surface area (Å²) in [7, 11) is 0. The molecule has 0 N–H and O–H groups in total. The molecule has 1 aromatic carbocycles. The molecular weight excluding hydrogens is 224 g/mol. The number of carbonyl (C=O) groups is 1. The van der Waals surface area contributed by atoms with Gasteiger partial charge in [-0.2, -0.15) is 5.26 Å². The second-order valence-corrected chi connectivity index (χ2v) is 4.92. The van der Waals surface area contributed by atoms with Crippen molar-refractivity contribution in [3.8, 4) is 6.07 Å². The highest BCUT2D eigenvalue weighted by Crippen LogP contribution is 2.22. The fraction of sp³-hybridized carbons (Fsp3) is 0.333. The Bertz CT molecular complexity index is 617. The van der Waals surface area contributed by atoms with E-state index in [1.807, 2.05) is 12.3 Å². The smallest absolute Gasteiger partial charge is 0.152 e. The minimum Gasteiger partial charge on any atom is -0.347 e. The predicted octanol–water partition coefficient (Wildman–Crippen LogP) is 3.37. The lowest BCUT2D eigenvalue weighted by Gasteiger charge is -2.07. The SMILES string of the molecule is CC(C)CCn1cc(C=O)c2cc(C#N)ccc21. The predicted molar refractivity (Wildman–Crippen MR) is 71.5 cm³/mol. The molecule has 0 atom stereocenters. The number of aldehydes is 1. The molecule has 1 aromatic heterocycles. The van der Waals surface area contributed by atoms with Crippen LogP contribution in [-0.4, -0.2) is 10.9 Å². The fourth-order valence-corrected chi connectivity index (χ4v) is 2.07. The second kappa shape index (κ2) is 5.05. The van der Waals surface area contributed by atoms with E-state index >= 15 is 0 Å². The first kappa shape index (κ1) is 12.4. The molecule has 0 saturated carbocycles. The van der Waals surface area contributed by atoms with Crippen LogP contribution in [0, 0.1) is 17.2 Å². The third kappa shape index (κ3) is 2.28. The van der Waals surface area contributed by atoms with E-state index in [0.717, 1.165) is 30.2 Å². The van der Waals surface area contributed by atoms with Crippen molar-refractivity contribution in [1.29, 1.82) is 5.26 Å². The van der Waals surface area contributed by atoms with Crippen molar-refractivity contribution in [3.05, 3.63) is 35.5 Å². The average Bonchev–Trinajstić information content (AvgIpc) is 2.73. The number of carbonyl (C=O) groups excluding carboxylic acids is 1. The van der Waals surface area contributed by atoms with E-state index in [2.05, 4.69) is 24.5 Å². The summed E-state index contributed by atoms with van der Waals surface area (Å²) in [6.45, 7) is 5.26. The van der Waals surface area contributed by atoms with Crippen LogP contribution in [0.3, 0.4) is 0 Å². The number of rotatable bonds is 4. The number of hydrogen-bond donors (Lipinski definition) is 0. The number of benzene rings is 1. The summed E-state index contributed by atoms with van der Waals surface area (Å²) in [5, 5.41) is 9.77. The highest BCUT2D eigenvalue weighted by atomic mass is 16.1. The number of aryl methyl sites for hydroxylation is 1. The van der Waals surface area contributed by atoms with Gasteiger partial charge in [-0.25, -0.2) is 0 Å². The first-order chi connectivity index (χ1) is 8.65. The summed E-state index contributed by atoms with van der Waals surface area (Å²) in [6.07, 6.45) is 3.80. The first-order valence-electron chi connectivity index (χ1n) is 6.14. The summed E-state index contributed by atoms with van der Waals surface area (Å²) >= 11 is 0. The summed E-state index contributed by atoms with van der Waals surface area (Å²) in [5.41, 5.74) is 2.27. The normalized spacial score (nSPS) is 10.8. The van der Waals surface area contributed by atoms with Crippen LogP contribution in [0.1, 0.15) is 36.2 Å². The molecule has 0 bridgehead atoms. The van der Waals surface area contributed by atoms with Crippen LogP contribution in [0.15, 0.2) is 24.4 Å². The lowest BCUT2D eigenvalue weighted by molar-refractivity contribution is 0.112. The standard InChI is InChI=1S/C15H16N2O/c1-11(2)5-6-17-9-13(10-18)14-7-12(8-16)3-4-15(14)17/h3-4,7,9-11H,5-6H2,1-2H3. The third-order valence-electron chi connectivity index (χ3n) is 3.12. The van der Waals surface area contributed by atoms with Gasteiger partial charge in [-0.3, -0.25) is 4.79 Å². The average molecular weight is 240 g/mol. The molecule has 0 fully saturated rings. The molecule has 3 heteroatoms. The molecule has 0 radical (unpaired) electrons. The van der Waals surface area contributed by atoms with E-state index in [1.165, 1.54) is 0 Å². The second-order valence-electron chi connectivity index (χ2n) is 4.92. The van der Waals surface area contributed by atoms with Gasteiger partial charge in [0.15, 0.2) is 6.29 Å². The fourth-order valence-electron chi connectivity index (χ4n) is 2.07. The molecule has 3 nitrogen and oxygen atoms in total. The van der Waals surface area contributed by atoms with Crippen molar-refractivity contribution in [2.75, 3.05) is 0 Å². The number of fused-ring (bicyclic) bond motifs is 1. The summed E-state index contributed by atoms with van der Waals surface area (Å²) < 4.78 is 2.10. The highest BCUT2D eigenvalue weighted by molar-refractivity contribution is 5.98. The molecule has 0 aliphatic rings. The van der Waals surface area contributed by atoms with Crippen LogP contribution in [0.4, 0.5) is 0 Å². The minimum absolute atomic E-state index is 0.590. The van der Waals surface area contributed by atoms with Gasteiger partial charge in [0.2, 0.25) is 0 Å². The van der Waals surface area contributed by atoms with Crippen LogP contribution < -0.4 is 0 Å². The third-order valence-corrected chi connectivity index (χ3v) is 3.12. The summed E-state index contributed by atoms with van der Waals surface area (Å²) in [4.78, 5) is 11.1. The Labute approximate surface area is 107 Å². The molecule has 2 aromatic rings. The Morgan fingerprint density at radius 3 is 2.83 bits per heavy atom. The molecule has 0 aliphatic carbocycles. The van der Waals surface area contributed by atoms with Gasteiger partial charge in [-0.15, -0.1) is 0 Å². The molecule has 18 heavy (non-hydrogen) atoms. The largest absolute Gasteiger partial charge is 0.347 e. The number of hydrogen-bond acceptors (Lipinski definition) is 2. The Morgan fingerprint density at radius 1 is 1.44 bits per heavy atom. The maximum Gasteiger partial charge on any atom is 0.152 e. The van der Waals surface area contributed by atoms with Crippen molar-refractivity contribution < 1.29 is 4.79 Å². The van der Waals surface area contributed by atoms with Crippen molar-refractivity contribution >= 4 is 17.2 Å². The molecule has 92 valence electrons. The molecular formula is C15H16N2O. The minimum atomic E-state index is 0.590. The molecule has 0 amide bonds. The van der Waals surface area contributed by atoms with Gasteiger partial charge in [0.1, 0.15) is 0 Å². The zero-order valence-corrected chi connectivity index (χ0v) is 10.7. The zero-order chi connectivity index (χ0) is 13.1. The van der Waals surface area contributed by atoms with Crippen LogP contribution >= 0.6 is 0 Å². The van der Waals surface area contributed by atoms with Crippen molar-refractivity contribution in [1.82, 2.24) is 4.57 Å². The summed E-state index contributed by atoms with van der Waals surface area (Å²) in [6, 6.07) is 7.60. The molecule has 1 heterocycles. The van der Waals surface area contributed by atoms with Crippen molar-refractivity contribution in [3.63, 3.8) is 0 Å². The molecule has 0 saturated heterocycles. The monoisotopic (exact) mass is 240 g/mol. The lowest BCUT2D eigenvalue weighted by atomic mass is 10.1. The van der Waals surface area contributed by atoms with E-state index < -0.39 is 0 Å². The maximum atomic E-state index is 11.1. The lowest BCUT2D eigenvalue weighted by Crippen LogP contribution is -1.99. The molecule has 0 spiro atoms. The van der Waals surface area contributed by atoms with Gasteiger partial charge in [0, 0.05) is 29.2 Å². The van der Waals surface area contributed by atoms with Crippen LogP contribution in [0.5, 0.6) is 0 Å². The van der Waals surface area contributed by atoms with Gasteiger partial charge in [0.25, 0.3) is 0 Å². The highest BCUT2D eigenvalue weighted by Gasteiger charge is 2.09. The zero-order valence-electron chi connectivity index (χ0n) is 10.7.